The Morgan fingerprint density at radius 1 is 1.09 bits per heavy atom. The Balaban J connectivity index is 1.23. The van der Waals surface area contributed by atoms with Crippen molar-refractivity contribution in [2.45, 2.75) is 127 Å². The predicted molar refractivity (Wildman–Crippen MR) is 218 cm³/mol. The molecule has 3 aromatic rings. The molecule has 2 aliphatic carbocycles. The van der Waals surface area contributed by atoms with Crippen LogP contribution in [-0.2, 0) is 32.4 Å². The van der Waals surface area contributed by atoms with E-state index in [0.717, 1.165) is 43.4 Å². The van der Waals surface area contributed by atoms with E-state index in [4.69, 9.17) is 19.2 Å². The number of methoxy groups -OCH3 is 1. The number of rotatable bonds is 10. The lowest BCUT2D eigenvalue weighted by Crippen LogP contribution is -2.58. The summed E-state index contributed by atoms with van der Waals surface area (Å²) in [5.74, 6) is -0.801. The van der Waals surface area contributed by atoms with Crippen molar-refractivity contribution in [2.24, 2.45) is 13.0 Å². The van der Waals surface area contributed by atoms with Crippen LogP contribution in [0.15, 0.2) is 36.4 Å². The molecule has 3 fully saturated rings. The molecule has 1 aromatic carbocycles. The van der Waals surface area contributed by atoms with Gasteiger partial charge in [-0.15, -0.1) is 0 Å². The zero-order chi connectivity index (χ0) is 41.5. The molecule has 4 heterocycles. The summed E-state index contributed by atoms with van der Waals surface area (Å²) in [5.41, 5.74) is 1.07. The highest BCUT2D eigenvalue weighted by Gasteiger charge is 2.62. The average molecular weight is 818 g/mol. The third kappa shape index (κ3) is 8.43. The van der Waals surface area contributed by atoms with Crippen molar-refractivity contribution in [2.75, 3.05) is 13.7 Å². The highest BCUT2D eigenvalue weighted by atomic mass is 32.2. The molecule has 4 aliphatic rings. The molecule has 16 heteroatoms. The molecular weight excluding hydrogens is 763 g/mol. The van der Waals surface area contributed by atoms with Crippen LogP contribution in [0.5, 0.6) is 17.4 Å². The van der Waals surface area contributed by atoms with Crippen molar-refractivity contribution < 1.29 is 37.6 Å². The van der Waals surface area contributed by atoms with Crippen LogP contribution in [0.1, 0.15) is 100 Å². The lowest BCUT2D eigenvalue weighted by Gasteiger charge is -2.30. The molecule has 2 aliphatic heterocycles. The van der Waals surface area contributed by atoms with Crippen molar-refractivity contribution in [1.82, 2.24) is 35.0 Å². The molecule has 4 amide bonds. The van der Waals surface area contributed by atoms with Gasteiger partial charge in [-0.25, -0.2) is 9.19 Å². The molecular formula is C42H55N7O8S. The van der Waals surface area contributed by atoms with Gasteiger partial charge in [-0.3, -0.25) is 28.6 Å². The number of carbonyl (C=O) groups excluding carboxylic acids is 4. The first-order valence-electron chi connectivity index (χ1n) is 20.3. The number of benzene rings is 1. The SMILES string of the molecule is COc1ccc2c(O[C@@H]3C[C@H]4C(=O)N[C@]5(C(=O)NS(=O)C6(C)CC6)C[C@H]5/C=C\CCCCC[C@H](NC(=O)c5cc(C)n(C)n5)C(=O)N4C3)cc(OC(C)C)nc2c1C. The molecule has 58 heavy (non-hydrogen) atoms. The van der Waals surface area contributed by atoms with Crippen LogP contribution in [0.4, 0.5) is 0 Å². The Kier molecular flexibility index (Phi) is 11.6. The summed E-state index contributed by atoms with van der Waals surface area (Å²) < 4.78 is 35.3. The summed E-state index contributed by atoms with van der Waals surface area (Å²) in [6.45, 7) is 9.44. The number of hydrogen-bond donors (Lipinski definition) is 3. The van der Waals surface area contributed by atoms with Crippen LogP contribution in [0.2, 0.25) is 0 Å². The van der Waals surface area contributed by atoms with E-state index in [1.807, 2.05) is 58.9 Å². The van der Waals surface area contributed by atoms with Crippen molar-refractivity contribution in [3.05, 3.63) is 53.4 Å². The Bertz CT molecular complexity index is 2150. The van der Waals surface area contributed by atoms with E-state index in [1.54, 1.807) is 31.0 Å². The van der Waals surface area contributed by atoms with Gasteiger partial charge in [0.2, 0.25) is 17.7 Å². The Labute approximate surface area is 341 Å². The predicted octanol–water partition coefficient (Wildman–Crippen LogP) is 4.26. The number of carbonyl (C=O) groups is 4. The number of fused-ring (bicyclic) bond motifs is 3. The first-order valence-corrected chi connectivity index (χ1v) is 21.4. The van der Waals surface area contributed by atoms with E-state index in [-0.39, 0.29) is 30.7 Å². The maximum atomic E-state index is 14.8. The van der Waals surface area contributed by atoms with Crippen LogP contribution < -0.4 is 29.6 Å². The van der Waals surface area contributed by atoms with Gasteiger partial charge in [-0.05, 0) is 91.3 Å². The van der Waals surface area contributed by atoms with E-state index >= 15 is 0 Å². The minimum Gasteiger partial charge on any atom is -0.496 e. The van der Waals surface area contributed by atoms with Gasteiger partial charge >= 0.3 is 0 Å². The number of aryl methyl sites for hydroxylation is 3. The normalized spacial score (nSPS) is 26.7. The molecule has 1 saturated heterocycles. The van der Waals surface area contributed by atoms with E-state index in [9.17, 15) is 23.4 Å². The Hall–Kier alpha value is -4.99. The lowest BCUT2D eigenvalue weighted by atomic mass is 10.0. The van der Waals surface area contributed by atoms with Crippen LogP contribution >= 0.6 is 0 Å². The molecule has 3 N–H and O–H groups in total. The molecule has 1 unspecified atom stereocenters. The fourth-order valence-corrected chi connectivity index (χ4v) is 8.96. The number of nitrogens with one attached hydrogen (secondary N) is 3. The number of nitrogens with zero attached hydrogens (tertiary/aromatic N) is 4. The monoisotopic (exact) mass is 817 g/mol. The van der Waals surface area contributed by atoms with E-state index in [1.165, 1.54) is 4.90 Å². The van der Waals surface area contributed by atoms with Gasteiger partial charge < -0.3 is 29.7 Å². The fraction of sp³-hybridized carbons (Fsp3) is 0.571. The number of allylic oxidation sites excluding steroid dienone is 1. The summed E-state index contributed by atoms with van der Waals surface area (Å²) in [4.78, 5) is 63.2. The standard InChI is InChI=1S/C42H55N7O8S/c1-24(2)56-35-21-34(29-15-16-33(55-7)26(4)36(29)44-35)57-28-20-32-38(51)45-42(40(53)47-58(54)41(5)17-18-41)22-27(42)13-11-9-8-10-12-14-30(39(52)49(32)23-28)43-37(50)31-19-25(3)48(6)46-31/h11,13,15-16,19,21,24,27-28,30,32H,8-10,12,14,17-18,20,22-23H2,1-7H3,(H,43,50)(H,45,51)(H,47,53)/b13-11-/t27-,28-,30+,32+,42-,58?/m1/s1. The number of hydrogen-bond acceptors (Lipinski definition) is 10. The summed E-state index contributed by atoms with van der Waals surface area (Å²) >= 11 is 0. The second-order valence-corrected chi connectivity index (χ2v) is 18.4. The van der Waals surface area contributed by atoms with Gasteiger partial charge in [-0.1, -0.05) is 25.0 Å². The zero-order valence-corrected chi connectivity index (χ0v) is 35.2. The third-order valence-electron chi connectivity index (χ3n) is 11.9. The first kappa shape index (κ1) is 41.2. The number of amides is 4. The number of pyridine rings is 1. The Morgan fingerprint density at radius 2 is 1.86 bits per heavy atom. The summed E-state index contributed by atoms with van der Waals surface area (Å²) in [6, 6.07) is 5.06. The lowest BCUT2D eigenvalue weighted by molar-refractivity contribution is -0.141. The first-order chi connectivity index (χ1) is 27.6. The average Bonchev–Trinajstić information content (AvgIpc) is 4.01. The smallest absolute Gasteiger partial charge is 0.272 e. The van der Waals surface area contributed by atoms with Crippen LogP contribution in [0, 0.1) is 19.8 Å². The minimum atomic E-state index is -1.62. The van der Waals surface area contributed by atoms with Crippen LogP contribution in [0.25, 0.3) is 10.9 Å². The van der Waals surface area contributed by atoms with E-state index in [0.29, 0.717) is 47.5 Å². The quantitative estimate of drug-likeness (QED) is 0.250. The van der Waals surface area contributed by atoms with Crippen molar-refractivity contribution >= 4 is 45.5 Å². The van der Waals surface area contributed by atoms with Gasteiger partial charge in [-0.2, -0.15) is 5.10 Å². The summed E-state index contributed by atoms with van der Waals surface area (Å²) in [6.07, 6.45) is 8.45. The summed E-state index contributed by atoms with van der Waals surface area (Å²) in [7, 11) is 1.72. The zero-order valence-electron chi connectivity index (χ0n) is 34.4. The number of aromatic nitrogens is 3. The molecule has 0 spiro atoms. The Morgan fingerprint density at radius 3 is 2.55 bits per heavy atom. The maximum Gasteiger partial charge on any atom is 0.272 e. The van der Waals surface area contributed by atoms with Crippen molar-refractivity contribution in [3.8, 4) is 17.4 Å². The molecule has 312 valence electrons. The minimum absolute atomic E-state index is 0.0240. The molecule has 0 radical (unpaired) electrons. The van der Waals surface area contributed by atoms with Crippen LogP contribution in [0.3, 0.4) is 0 Å². The highest BCUT2D eigenvalue weighted by Crippen LogP contribution is 2.47. The van der Waals surface area contributed by atoms with E-state index < -0.39 is 63.1 Å². The van der Waals surface area contributed by atoms with Gasteiger partial charge in [0.05, 0.1) is 30.0 Å². The molecule has 15 nitrogen and oxygen atoms in total. The highest BCUT2D eigenvalue weighted by molar-refractivity contribution is 7.85. The molecule has 6 atom stereocenters. The van der Waals surface area contributed by atoms with E-state index in [2.05, 4.69) is 20.5 Å². The van der Waals surface area contributed by atoms with Crippen molar-refractivity contribution in [1.29, 1.82) is 0 Å². The van der Waals surface area contributed by atoms with Gasteiger partial charge in [0.1, 0.15) is 51.9 Å². The second kappa shape index (κ2) is 16.3. The summed E-state index contributed by atoms with van der Waals surface area (Å²) in [5, 5.41) is 11.0. The van der Waals surface area contributed by atoms with Gasteiger partial charge in [0, 0.05) is 42.1 Å². The maximum absolute atomic E-state index is 14.8. The van der Waals surface area contributed by atoms with Gasteiger partial charge in [0.25, 0.3) is 11.8 Å². The molecule has 2 aromatic heterocycles. The molecule has 2 saturated carbocycles. The molecule has 7 rings (SSSR count). The third-order valence-corrected chi connectivity index (χ3v) is 13.6. The number of ether oxygens (including phenoxy) is 3. The largest absolute Gasteiger partial charge is 0.496 e. The topological polar surface area (TPSA) is 183 Å². The van der Waals surface area contributed by atoms with Crippen molar-refractivity contribution in [3.63, 3.8) is 0 Å². The van der Waals surface area contributed by atoms with Crippen LogP contribution in [-0.4, -0.2) is 95.7 Å². The fourth-order valence-electron chi connectivity index (χ4n) is 7.89. The molecule has 0 bridgehead atoms. The second-order valence-electron chi connectivity index (χ2n) is 16.7. The van der Waals surface area contributed by atoms with Gasteiger partial charge in [0.15, 0.2) is 0 Å².